The number of carbonyl (C=O) groups is 3. The van der Waals surface area contributed by atoms with Crippen molar-refractivity contribution in [3.63, 3.8) is 0 Å². The summed E-state index contributed by atoms with van der Waals surface area (Å²) in [5.74, 6) is -1.18. The van der Waals surface area contributed by atoms with E-state index in [4.69, 9.17) is 14.2 Å². The fraction of sp³-hybridized carbons (Fsp3) is 0.479. The highest BCUT2D eigenvalue weighted by Crippen LogP contribution is 2.11. The van der Waals surface area contributed by atoms with E-state index >= 15 is 0 Å². The van der Waals surface area contributed by atoms with E-state index in [1.807, 2.05) is 6.08 Å². The van der Waals surface area contributed by atoms with Gasteiger partial charge in [-0.25, -0.2) is 0 Å². The lowest BCUT2D eigenvalue weighted by Gasteiger charge is -2.18. The molecular weight excluding hydrogens is 949 g/mol. The van der Waals surface area contributed by atoms with Crippen LogP contribution in [0.1, 0.15) is 201 Å². The average Bonchev–Trinajstić information content (AvgIpc) is 3.43. The second-order valence-corrected chi connectivity index (χ2v) is 18.4. The molecule has 0 N–H and O–H groups in total. The molecule has 0 fully saturated rings. The predicted molar refractivity (Wildman–Crippen MR) is 333 cm³/mol. The smallest absolute Gasteiger partial charge is 0.310 e. The van der Waals surface area contributed by atoms with Gasteiger partial charge >= 0.3 is 17.9 Å². The van der Waals surface area contributed by atoms with Crippen molar-refractivity contribution in [2.45, 2.75) is 207 Å². The first-order chi connectivity index (χ1) is 38.0. The lowest BCUT2D eigenvalue weighted by molar-refractivity contribution is -0.166. The van der Waals surface area contributed by atoms with Crippen molar-refractivity contribution in [1.82, 2.24) is 0 Å². The molecule has 6 heteroatoms. The van der Waals surface area contributed by atoms with Crippen LogP contribution in [0.3, 0.4) is 0 Å². The molecule has 0 heterocycles. The van der Waals surface area contributed by atoms with Crippen molar-refractivity contribution < 1.29 is 28.6 Å². The molecule has 0 saturated carbocycles. The van der Waals surface area contributed by atoms with Gasteiger partial charge in [-0.05, 0) is 141 Å². The summed E-state index contributed by atoms with van der Waals surface area (Å²) in [7, 11) is 0. The van der Waals surface area contributed by atoms with Crippen LogP contribution in [0.15, 0.2) is 207 Å². The topological polar surface area (TPSA) is 78.9 Å². The predicted octanol–water partition coefficient (Wildman–Crippen LogP) is 20.4. The number of hydrogen-bond acceptors (Lipinski definition) is 6. The molecule has 0 aliphatic rings. The van der Waals surface area contributed by atoms with Crippen molar-refractivity contribution in [2.24, 2.45) is 0 Å². The van der Waals surface area contributed by atoms with Crippen molar-refractivity contribution in [3.05, 3.63) is 207 Å². The lowest BCUT2D eigenvalue weighted by Crippen LogP contribution is -2.30. The van der Waals surface area contributed by atoms with Crippen LogP contribution < -0.4 is 0 Å². The minimum Gasteiger partial charge on any atom is -0.462 e. The van der Waals surface area contributed by atoms with Crippen molar-refractivity contribution in [3.8, 4) is 0 Å². The highest BCUT2D eigenvalue weighted by Gasteiger charge is 2.19. The number of unbranched alkanes of at least 4 members (excludes halogenated alkanes) is 6. The van der Waals surface area contributed by atoms with Gasteiger partial charge in [-0.3, -0.25) is 14.4 Å². The van der Waals surface area contributed by atoms with Crippen LogP contribution in [0.25, 0.3) is 0 Å². The molecule has 0 aromatic carbocycles. The number of carbonyl (C=O) groups excluding carboxylic acids is 3. The third-order valence-corrected chi connectivity index (χ3v) is 11.3. The second-order valence-electron chi connectivity index (χ2n) is 18.4. The molecule has 0 amide bonds. The standard InChI is InChI=1S/C71H104O6/c1-4-7-10-13-16-19-22-25-28-29-30-31-32-33-34-35-36-37-38-39-40-41-44-46-49-52-55-58-61-64-70(73)76-67-68(77-71(74)65-62-59-56-53-50-47-43-27-24-21-18-15-12-9-6-3)66-75-69(72)63-60-57-54-51-48-45-42-26-23-20-17-14-11-8-5-2/h7-12,16-21,25-28,30-31,33-34,36-37,39-40,42-44,46,50,52-53,55,59,62,68H,4-6,13-15,22-24,29,32,35,38,41,45,47-49,51,54,56-58,60-61,63-67H2,1-3H3/b10-7-,11-8-,12-9-,19-16-,20-17-,21-18-,28-25-,31-30-,34-33-,37-36-,40-39-,42-26-,43-27-,46-44-,53-50-,55-52-,62-59-. The largest absolute Gasteiger partial charge is 0.462 e. The summed E-state index contributed by atoms with van der Waals surface area (Å²) in [6, 6.07) is 0. The SMILES string of the molecule is CC/C=C\C/C=C\C/C=C\C/C=C\C/C=C\C/C=C\C/C=C\C/C=C\C/C=C\CCCC(=O)OCC(COC(=O)CCCCCCC/C=C\C/C=C\C/C=C\CC)OC(=O)C/C=C\C/C=C\C/C=C\C/C=C\C/C=C\CC. The molecule has 0 aromatic rings. The first-order valence-electron chi connectivity index (χ1n) is 29.6. The van der Waals surface area contributed by atoms with Gasteiger partial charge in [-0.1, -0.05) is 247 Å². The fourth-order valence-electron chi connectivity index (χ4n) is 7.00. The Morgan fingerprint density at radius 2 is 0.519 bits per heavy atom. The van der Waals surface area contributed by atoms with E-state index in [1.54, 1.807) is 6.08 Å². The molecule has 424 valence electrons. The van der Waals surface area contributed by atoms with Crippen molar-refractivity contribution in [1.29, 1.82) is 0 Å². The minimum absolute atomic E-state index is 0.0684. The molecule has 0 aliphatic heterocycles. The van der Waals surface area contributed by atoms with Gasteiger partial charge in [0.2, 0.25) is 0 Å². The zero-order valence-corrected chi connectivity index (χ0v) is 48.4. The number of hydrogen-bond donors (Lipinski definition) is 0. The maximum absolute atomic E-state index is 12.8. The summed E-state index contributed by atoms with van der Waals surface area (Å²) in [6.07, 6.45) is 97.1. The van der Waals surface area contributed by atoms with E-state index in [2.05, 4.69) is 215 Å². The highest BCUT2D eigenvalue weighted by molar-refractivity contribution is 5.72. The first kappa shape index (κ1) is 71.0. The molecule has 0 spiro atoms. The molecule has 1 unspecified atom stereocenters. The van der Waals surface area contributed by atoms with Crippen LogP contribution in [0.5, 0.6) is 0 Å². The molecule has 1 atom stereocenters. The van der Waals surface area contributed by atoms with E-state index in [-0.39, 0.29) is 38.0 Å². The highest BCUT2D eigenvalue weighted by atomic mass is 16.6. The van der Waals surface area contributed by atoms with Crippen LogP contribution in [0, 0.1) is 0 Å². The lowest BCUT2D eigenvalue weighted by atomic mass is 10.1. The van der Waals surface area contributed by atoms with Gasteiger partial charge in [0.1, 0.15) is 13.2 Å². The summed E-state index contributed by atoms with van der Waals surface area (Å²) >= 11 is 0. The van der Waals surface area contributed by atoms with E-state index in [0.717, 1.165) is 148 Å². The Bertz CT molecular complexity index is 1930. The normalized spacial score (nSPS) is 13.6. The number of allylic oxidation sites excluding steroid dienone is 33. The molecule has 77 heavy (non-hydrogen) atoms. The van der Waals surface area contributed by atoms with Gasteiger partial charge in [0.25, 0.3) is 0 Å². The van der Waals surface area contributed by atoms with Gasteiger partial charge < -0.3 is 14.2 Å². The Hall–Kier alpha value is -6.01. The van der Waals surface area contributed by atoms with Gasteiger partial charge in [-0.15, -0.1) is 0 Å². The summed E-state index contributed by atoms with van der Waals surface area (Å²) in [6.45, 7) is 6.12. The van der Waals surface area contributed by atoms with Crippen LogP contribution in [0.2, 0.25) is 0 Å². The molecule has 6 nitrogen and oxygen atoms in total. The second kappa shape index (κ2) is 62.5. The third kappa shape index (κ3) is 60.7. The molecule has 0 aliphatic carbocycles. The molecule has 0 bridgehead atoms. The third-order valence-electron chi connectivity index (χ3n) is 11.3. The van der Waals surface area contributed by atoms with Gasteiger partial charge in [0.05, 0.1) is 6.42 Å². The van der Waals surface area contributed by atoms with E-state index in [1.165, 1.54) is 0 Å². The van der Waals surface area contributed by atoms with Crippen LogP contribution in [0.4, 0.5) is 0 Å². The Balaban J connectivity index is 4.58. The van der Waals surface area contributed by atoms with E-state index in [0.29, 0.717) is 19.3 Å². The van der Waals surface area contributed by atoms with Crippen LogP contribution >= 0.6 is 0 Å². The van der Waals surface area contributed by atoms with Crippen molar-refractivity contribution >= 4 is 17.9 Å². The maximum atomic E-state index is 12.8. The number of rotatable bonds is 50. The zero-order chi connectivity index (χ0) is 55.7. The molecule has 0 saturated heterocycles. The Labute approximate surface area is 470 Å². The van der Waals surface area contributed by atoms with Crippen LogP contribution in [-0.4, -0.2) is 37.2 Å². The minimum atomic E-state index is -0.877. The summed E-state index contributed by atoms with van der Waals surface area (Å²) < 4.78 is 16.7. The van der Waals surface area contributed by atoms with E-state index in [9.17, 15) is 14.4 Å². The van der Waals surface area contributed by atoms with Gasteiger partial charge in [0, 0.05) is 12.8 Å². The molecular formula is C71H104O6. The zero-order valence-electron chi connectivity index (χ0n) is 48.4. The molecule has 0 rings (SSSR count). The summed E-state index contributed by atoms with van der Waals surface area (Å²) in [5.41, 5.74) is 0. The Morgan fingerprint density at radius 3 is 0.844 bits per heavy atom. The molecule has 0 aromatic heterocycles. The Kier molecular flexibility index (Phi) is 57.6. The Morgan fingerprint density at radius 1 is 0.273 bits per heavy atom. The molecule has 0 radical (unpaired) electrons. The van der Waals surface area contributed by atoms with Gasteiger partial charge in [0.15, 0.2) is 6.10 Å². The summed E-state index contributed by atoms with van der Waals surface area (Å²) in [4.78, 5) is 38.1. The average molecular weight is 1050 g/mol. The van der Waals surface area contributed by atoms with Crippen LogP contribution in [-0.2, 0) is 28.6 Å². The quantitative estimate of drug-likeness (QED) is 0.0261. The maximum Gasteiger partial charge on any atom is 0.310 e. The monoisotopic (exact) mass is 1050 g/mol. The first-order valence-corrected chi connectivity index (χ1v) is 29.6. The van der Waals surface area contributed by atoms with E-state index < -0.39 is 12.1 Å². The number of esters is 3. The van der Waals surface area contributed by atoms with Crippen molar-refractivity contribution in [2.75, 3.05) is 13.2 Å². The van der Waals surface area contributed by atoms with Gasteiger partial charge in [-0.2, -0.15) is 0 Å². The number of ether oxygens (including phenoxy) is 3. The fourth-order valence-corrected chi connectivity index (χ4v) is 7.00. The summed E-state index contributed by atoms with van der Waals surface area (Å²) in [5, 5.41) is 0.